The molecule has 0 amide bonds. The summed E-state index contributed by atoms with van der Waals surface area (Å²) in [5, 5.41) is 0.894. The van der Waals surface area contributed by atoms with Gasteiger partial charge in [-0.15, -0.1) is 11.3 Å². The van der Waals surface area contributed by atoms with Crippen molar-refractivity contribution in [2.24, 2.45) is 0 Å². The van der Waals surface area contributed by atoms with Crippen LogP contribution in [0.5, 0.6) is 0 Å². The second-order valence-electron chi connectivity index (χ2n) is 5.03. The van der Waals surface area contributed by atoms with Crippen LogP contribution in [0.2, 0.25) is 0 Å². The van der Waals surface area contributed by atoms with E-state index in [4.69, 9.17) is 4.74 Å². The first-order valence-corrected chi connectivity index (χ1v) is 6.43. The number of fused-ring (bicyclic) bond motifs is 1. The summed E-state index contributed by atoms with van der Waals surface area (Å²) in [6.45, 7) is 5.51. The van der Waals surface area contributed by atoms with Crippen molar-refractivity contribution in [2.75, 3.05) is 0 Å². The van der Waals surface area contributed by atoms with Crippen molar-refractivity contribution >= 4 is 33.7 Å². The summed E-state index contributed by atoms with van der Waals surface area (Å²) in [5.41, 5.74) is 0.109. The van der Waals surface area contributed by atoms with Crippen molar-refractivity contribution in [3.8, 4) is 0 Å². The number of rotatable bonds is 2. The van der Waals surface area contributed by atoms with Crippen LogP contribution >= 0.6 is 11.3 Å². The van der Waals surface area contributed by atoms with Gasteiger partial charge in [0.2, 0.25) is 0 Å². The van der Waals surface area contributed by atoms with Crippen LogP contribution in [0.25, 0.3) is 10.1 Å². The lowest BCUT2D eigenvalue weighted by atomic mass is 10.2. The highest BCUT2D eigenvalue weighted by atomic mass is 32.1. The van der Waals surface area contributed by atoms with Gasteiger partial charge < -0.3 is 4.74 Å². The summed E-state index contributed by atoms with van der Waals surface area (Å²) in [6, 6.07) is 7.12. The van der Waals surface area contributed by atoms with Crippen LogP contribution < -0.4 is 0 Å². The summed E-state index contributed by atoms with van der Waals surface area (Å²) in [6.07, 6.45) is 0.796. The molecule has 0 saturated carbocycles. The molecule has 1 heterocycles. The Hall–Kier alpha value is -1.68. The van der Waals surface area contributed by atoms with Gasteiger partial charge in [0.05, 0.1) is 0 Å². The number of esters is 1. The number of benzene rings is 1. The molecule has 0 aliphatic rings. The molecule has 0 atom stereocenters. The van der Waals surface area contributed by atoms with Crippen LogP contribution in [0.4, 0.5) is 0 Å². The van der Waals surface area contributed by atoms with E-state index in [2.05, 4.69) is 0 Å². The normalized spacial score (nSPS) is 11.5. The van der Waals surface area contributed by atoms with E-state index in [0.29, 0.717) is 10.4 Å². The SMILES string of the molecule is CC(C)(C)OC(=O)c1cc2cc(C=O)ccc2s1. The molecule has 18 heavy (non-hydrogen) atoms. The van der Waals surface area contributed by atoms with Crippen LogP contribution in [0, 0.1) is 0 Å². The minimum Gasteiger partial charge on any atom is -0.456 e. The Morgan fingerprint density at radius 3 is 2.61 bits per heavy atom. The zero-order valence-electron chi connectivity index (χ0n) is 10.5. The van der Waals surface area contributed by atoms with Gasteiger partial charge in [-0.2, -0.15) is 0 Å². The van der Waals surface area contributed by atoms with Crippen LogP contribution in [0.1, 0.15) is 40.8 Å². The topological polar surface area (TPSA) is 43.4 Å². The minimum absolute atomic E-state index is 0.323. The lowest BCUT2D eigenvalue weighted by molar-refractivity contribution is 0.00752. The van der Waals surface area contributed by atoms with Gasteiger partial charge >= 0.3 is 5.97 Å². The minimum atomic E-state index is -0.499. The zero-order valence-corrected chi connectivity index (χ0v) is 11.3. The average molecular weight is 262 g/mol. The lowest BCUT2D eigenvalue weighted by Crippen LogP contribution is -2.23. The zero-order chi connectivity index (χ0) is 13.3. The molecule has 0 bridgehead atoms. The Morgan fingerprint density at radius 2 is 2.00 bits per heavy atom. The fourth-order valence-corrected chi connectivity index (χ4v) is 2.48. The number of thiophene rings is 1. The summed E-state index contributed by atoms with van der Waals surface area (Å²) in [4.78, 5) is 23.2. The monoisotopic (exact) mass is 262 g/mol. The average Bonchev–Trinajstić information content (AvgIpc) is 2.69. The molecule has 0 saturated heterocycles. The van der Waals surface area contributed by atoms with Crippen molar-refractivity contribution in [1.82, 2.24) is 0 Å². The van der Waals surface area contributed by atoms with Gasteiger partial charge in [-0.25, -0.2) is 4.79 Å². The van der Waals surface area contributed by atoms with E-state index in [0.717, 1.165) is 16.4 Å². The molecule has 0 aliphatic heterocycles. The van der Waals surface area contributed by atoms with Gasteiger partial charge in [0.15, 0.2) is 0 Å². The molecule has 2 rings (SSSR count). The van der Waals surface area contributed by atoms with Gasteiger partial charge in [-0.05, 0) is 44.4 Å². The van der Waals surface area contributed by atoms with E-state index in [9.17, 15) is 9.59 Å². The molecule has 0 spiro atoms. The van der Waals surface area contributed by atoms with Crippen LogP contribution in [0.15, 0.2) is 24.3 Å². The van der Waals surface area contributed by atoms with Crippen molar-refractivity contribution in [3.05, 3.63) is 34.7 Å². The fraction of sp³-hybridized carbons (Fsp3) is 0.286. The Balaban J connectivity index is 2.35. The van der Waals surface area contributed by atoms with Crippen molar-refractivity contribution in [3.63, 3.8) is 0 Å². The van der Waals surface area contributed by atoms with E-state index in [1.807, 2.05) is 26.8 Å². The maximum absolute atomic E-state index is 11.9. The molecule has 4 heteroatoms. The van der Waals surface area contributed by atoms with Gasteiger partial charge in [-0.3, -0.25) is 4.79 Å². The summed E-state index contributed by atoms with van der Waals surface area (Å²) >= 11 is 1.37. The number of carbonyl (C=O) groups is 2. The third-order valence-electron chi connectivity index (χ3n) is 2.28. The largest absolute Gasteiger partial charge is 0.456 e. The molecule has 0 fully saturated rings. The maximum Gasteiger partial charge on any atom is 0.348 e. The summed E-state index contributed by atoms with van der Waals surface area (Å²) in [7, 11) is 0. The molecule has 1 aromatic carbocycles. The van der Waals surface area contributed by atoms with E-state index in [-0.39, 0.29) is 5.97 Å². The Bertz CT molecular complexity index is 605. The third kappa shape index (κ3) is 2.76. The number of ether oxygens (including phenoxy) is 1. The molecule has 3 nitrogen and oxygen atoms in total. The highest BCUT2D eigenvalue weighted by molar-refractivity contribution is 7.20. The molecule has 1 aromatic heterocycles. The van der Waals surface area contributed by atoms with E-state index >= 15 is 0 Å². The number of hydrogen-bond acceptors (Lipinski definition) is 4. The van der Waals surface area contributed by atoms with Crippen LogP contribution in [-0.2, 0) is 4.74 Å². The predicted octanol–water partition coefficient (Wildman–Crippen LogP) is 3.67. The third-order valence-corrected chi connectivity index (χ3v) is 3.37. The number of aldehydes is 1. The first-order chi connectivity index (χ1) is 8.39. The second kappa shape index (κ2) is 4.53. The van der Waals surface area contributed by atoms with Crippen molar-refractivity contribution in [2.45, 2.75) is 26.4 Å². The van der Waals surface area contributed by atoms with Gasteiger partial charge in [0, 0.05) is 10.3 Å². The number of carbonyl (C=O) groups excluding carboxylic acids is 2. The highest BCUT2D eigenvalue weighted by Gasteiger charge is 2.19. The Kier molecular flexibility index (Phi) is 3.22. The quantitative estimate of drug-likeness (QED) is 0.612. The molecular weight excluding hydrogens is 248 g/mol. The molecule has 0 unspecified atom stereocenters. The first kappa shape index (κ1) is 12.8. The first-order valence-electron chi connectivity index (χ1n) is 5.61. The second-order valence-corrected chi connectivity index (χ2v) is 6.11. The van der Waals surface area contributed by atoms with E-state index < -0.39 is 5.60 Å². The standard InChI is InChI=1S/C14H14O3S/c1-14(2,3)17-13(16)12-7-10-6-9(8-15)4-5-11(10)18-12/h4-8H,1-3H3. The summed E-state index contributed by atoms with van der Waals surface area (Å²) < 4.78 is 6.29. The van der Waals surface area contributed by atoms with E-state index in [1.54, 1.807) is 18.2 Å². The van der Waals surface area contributed by atoms with Gasteiger partial charge in [-0.1, -0.05) is 6.07 Å². The number of hydrogen-bond donors (Lipinski definition) is 0. The molecule has 0 N–H and O–H groups in total. The molecular formula is C14H14O3S. The smallest absolute Gasteiger partial charge is 0.348 e. The molecule has 94 valence electrons. The fourth-order valence-electron chi connectivity index (χ4n) is 1.56. The van der Waals surface area contributed by atoms with E-state index in [1.165, 1.54) is 11.3 Å². The molecule has 0 aliphatic carbocycles. The van der Waals surface area contributed by atoms with Crippen molar-refractivity contribution < 1.29 is 14.3 Å². The van der Waals surface area contributed by atoms with Gasteiger partial charge in [0.1, 0.15) is 16.8 Å². The summed E-state index contributed by atoms with van der Waals surface area (Å²) in [5.74, 6) is -0.323. The Labute approximate surface area is 109 Å². The molecule has 2 aromatic rings. The van der Waals surface area contributed by atoms with Crippen LogP contribution in [0.3, 0.4) is 0 Å². The Morgan fingerprint density at radius 1 is 1.28 bits per heavy atom. The van der Waals surface area contributed by atoms with Gasteiger partial charge in [0.25, 0.3) is 0 Å². The highest BCUT2D eigenvalue weighted by Crippen LogP contribution is 2.27. The lowest BCUT2D eigenvalue weighted by Gasteiger charge is -2.18. The van der Waals surface area contributed by atoms with Crippen molar-refractivity contribution in [1.29, 1.82) is 0 Å². The van der Waals surface area contributed by atoms with Crippen LogP contribution in [-0.4, -0.2) is 17.9 Å². The maximum atomic E-state index is 11.9. The predicted molar refractivity (Wildman–Crippen MR) is 72.4 cm³/mol. The molecule has 0 radical (unpaired) electrons.